The summed E-state index contributed by atoms with van der Waals surface area (Å²) in [6.07, 6.45) is 1.71. The monoisotopic (exact) mass is 333 g/mol. The van der Waals surface area contributed by atoms with Gasteiger partial charge in [-0.2, -0.15) is 0 Å². The van der Waals surface area contributed by atoms with Crippen molar-refractivity contribution in [1.29, 1.82) is 0 Å². The van der Waals surface area contributed by atoms with Crippen molar-refractivity contribution in [2.24, 2.45) is 4.99 Å². The van der Waals surface area contributed by atoms with Gasteiger partial charge in [-0.15, -0.1) is 6.58 Å². The lowest BCUT2D eigenvalue weighted by molar-refractivity contribution is -0.136. The van der Waals surface area contributed by atoms with Crippen LogP contribution in [0.15, 0.2) is 53.2 Å². The van der Waals surface area contributed by atoms with Crippen LogP contribution in [-0.2, 0) is 9.53 Å². The van der Waals surface area contributed by atoms with Gasteiger partial charge in [0.15, 0.2) is 5.96 Å². The molecular weight excluding hydrogens is 314 g/mol. The van der Waals surface area contributed by atoms with Crippen molar-refractivity contribution >= 4 is 23.5 Å². The average Bonchev–Trinajstić information content (AvgIpc) is 2.55. The maximum absolute atomic E-state index is 12.3. The largest absolute Gasteiger partial charge is 0.466 e. The lowest BCUT2D eigenvalue weighted by Crippen LogP contribution is -2.47. The molecule has 0 fully saturated rings. The van der Waals surface area contributed by atoms with Gasteiger partial charge in [0.1, 0.15) is 0 Å². The highest BCUT2D eigenvalue weighted by atomic mass is 35.5. The van der Waals surface area contributed by atoms with Crippen molar-refractivity contribution in [1.82, 2.24) is 10.2 Å². The maximum Gasteiger partial charge on any atom is 0.337 e. The van der Waals surface area contributed by atoms with Gasteiger partial charge >= 0.3 is 5.97 Å². The molecule has 1 unspecified atom stereocenters. The van der Waals surface area contributed by atoms with E-state index >= 15 is 0 Å². The van der Waals surface area contributed by atoms with E-state index in [2.05, 4.69) is 16.9 Å². The van der Waals surface area contributed by atoms with Crippen LogP contribution in [-0.4, -0.2) is 37.5 Å². The Balaban J connectivity index is 2.55. The molecule has 0 saturated heterocycles. The highest BCUT2D eigenvalue weighted by molar-refractivity contribution is 6.30. The third-order valence-corrected chi connectivity index (χ3v) is 3.97. The normalized spacial score (nSPS) is 19.6. The molecule has 6 heteroatoms. The van der Waals surface area contributed by atoms with Gasteiger partial charge in [0.05, 0.1) is 25.3 Å². The van der Waals surface area contributed by atoms with Crippen molar-refractivity contribution in [3.8, 4) is 0 Å². The number of guanidine groups is 1. The number of halogens is 1. The Morgan fingerprint density at radius 3 is 2.91 bits per heavy atom. The minimum atomic E-state index is -0.380. The number of benzene rings is 1. The van der Waals surface area contributed by atoms with Gasteiger partial charge in [-0.3, -0.25) is 0 Å². The second kappa shape index (κ2) is 7.33. The van der Waals surface area contributed by atoms with E-state index in [1.807, 2.05) is 37.1 Å². The van der Waals surface area contributed by atoms with Gasteiger partial charge < -0.3 is 15.0 Å². The molecular formula is C17H20ClN3O2. The lowest BCUT2D eigenvalue weighted by Gasteiger charge is -2.35. The third kappa shape index (κ3) is 3.56. The second-order valence-corrected chi connectivity index (χ2v) is 5.57. The van der Waals surface area contributed by atoms with Crippen LogP contribution >= 0.6 is 11.6 Å². The van der Waals surface area contributed by atoms with E-state index in [1.165, 1.54) is 7.11 Å². The molecule has 23 heavy (non-hydrogen) atoms. The quantitative estimate of drug-likeness (QED) is 0.680. The molecule has 1 N–H and O–H groups in total. The van der Waals surface area contributed by atoms with Gasteiger partial charge in [0, 0.05) is 17.8 Å². The maximum atomic E-state index is 12.3. The van der Waals surface area contributed by atoms with E-state index in [0.717, 1.165) is 11.3 Å². The molecule has 122 valence electrons. The van der Waals surface area contributed by atoms with Crippen LogP contribution in [0.2, 0.25) is 5.02 Å². The summed E-state index contributed by atoms with van der Waals surface area (Å²) in [6, 6.07) is 7.01. The molecule has 0 radical (unpaired) electrons. The fraction of sp³-hybridized carbons (Fsp3) is 0.294. The van der Waals surface area contributed by atoms with Crippen molar-refractivity contribution in [2.45, 2.75) is 13.0 Å². The van der Waals surface area contributed by atoms with E-state index in [9.17, 15) is 4.79 Å². The fourth-order valence-electron chi connectivity index (χ4n) is 2.46. The summed E-state index contributed by atoms with van der Waals surface area (Å²) in [5.41, 5.74) is 2.19. The van der Waals surface area contributed by atoms with Crippen LogP contribution in [0.25, 0.3) is 0 Å². The molecule has 0 amide bonds. The molecule has 1 heterocycles. The van der Waals surface area contributed by atoms with Gasteiger partial charge in [-0.05, 0) is 24.6 Å². The summed E-state index contributed by atoms with van der Waals surface area (Å²) in [5.74, 6) is 0.287. The number of ether oxygens (including phenoxy) is 1. The summed E-state index contributed by atoms with van der Waals surface area (Å²) in [5, 5.41) is 3.89. The number of methoxy groups -OCH3 is 1. The predicted octanol–water partition coefficient (Wildman–Crippen LogP) is 2.91. The summed E-state index contributed by atoms with van der Waals surface area (Å²) < 4.78 is 4.95. The fourth-order valence-corrected chi connectivity index (χ4v) is 2.66. The van der Waals surface area contributed by atoms with E-state index in [4.69, 9.17) is 16.3 Å². The molecule has 5 nitrogen and oxygen atoms in total. The molecule has 0 spiro atoms. The highest BCUT2D eigenvalue weighted by Crippen LogP contribution is 2.31. The van der Waals surface area contributed by atoms with E-state index in [-0.39, 0.29) is 12.0 Å². The first-order valence-corrected chi connectivity index (χ1v) is 7.57. The van der Waals surface area contributed by atoms with Crippen LogP contribution in [0.4, 0.5) is 0 Å². The minimum absolute atomic E-state index is 0.374. The molecule has 0 aromatic heterocycles. The summed E-state index contributed by atoms with van der Waals surface area (Å²) in [4.78, 5) is 18.6. The zero-order chi connectivity index (χ0) is 17.0. The molecule has 0 bridgehead atoms. The standard InChI is InChI=1S/C17H20ClN3O2/c1-5-9-19-17-20-15(12-7-6-8-13(18)10-12)14(16(22)23-4)11(2)21(17)3/h5-8,10,15H,1,9H2,2-4H3,(H,19,20). The number of aliphatic imine (C=N–C) groups is 1. The number of nitrogens with zero attached hydrogens (tertiary/aromatic N) is 2. The van der Waals surface area contributed by atoms with Gasteiger partial charge in [0.2, 0.25) is 0 Å². The Labute approximate surface area is 141 Å². The van der Waals surface area contributed by atoms with E-state index in [1.54, 1.807) is 12.1 Å². The number of allylic oxidation sites excluding steroid dienone is 1. The van der Waals surface area contributed by atoms with Crippen molar-refractivity contribution in [3.05, 3.63) is 58.8 Å². The van der Waals surface area contributed by atoms with Gasteiger partial charge in [-0.1, -0.05) is 29.8 Å². The smallest absolute Gasteiger partial charge is 0.337 e. The Kier molecular flexibility index (Phi) is 5.45. The average molecular weight is 334 g/mol. The summed E-state index contributed by atoms with van der Waals surface area (Å²) >= 11 is 6.10. The number of esters is 1. The zero-order valence-corrected chi connectivity index (χ0v) is 14.2. The molecule has 1 aliphatic heterocycles. The molecule has 1 atom stereocenters. The Morgan fingerprint density at radius 1 is 1.57 bits per heavy atom. The van der Waals surface area contributed by atoms with E-state index < -0.39 is 0 Å². The van der Waals surface area contributed by atoms with Crippen LogP contribution in [0, 0.1) is 0 Å². The van der Waals surface area contributed by atoms with Crippen LogP contribution in [0.5, 0.6) is 0 Å². The highest BCUT2D eigenvalue weighted by Gasteiger charge is 2.33. The number of nitrogens with one attached hydrogen (secondary N) is 1. The predicted molar refractivity (Wildman–Crippen MR) is 92.3 cm³/mol. The van der Waals surface area contributed by atoms with Crippen LogP contribution in [0.1, 0.15) is 18.5 Å². The van der Waals surface area contributed by atoms with Crippen molar-refractivity contribution in [2.75, 3.05) is 20.7 Å². The summed E-state index contributed by atoms with van der Waals surface area (Å²) in [7, 11) is 3.22. The van der Waals surface area contributed by atoms with Crippen LogP contribution < -0.4 is 5.32 Å². The molecule has 0 aliphatic carbocycles. The molecule has 1 aromatic carbocycles. The topological polar surface area (TPSA) is 53.9 Å². The Hall–Kier alpha value is -2.27. The first-order valence-electron chi connectivity index (χ1n) is 7.19. The Bertz CT molecular complexity index is 682. The number of hydrogen-bond donors (Lipinski definition) is 1. The van der Waals surface area contributed by atoms with E-state index in [0.29, 0.717) is 23.1 Å². The van der Waals surface area contributed by atoms with Crippen LogP contribution in [0.3, 0.4) is 0 Å². The second-order valence-electron chi connectivity index (χ2n) is 5.14. The third-order valence-electron chi connectivity index (χ3n) is 3.73. The SMILES string of the molecule is C=CCN=C1NC(c2cccc(Cl)c2)C(C(=O)OC)=C(C)N1C. The number of rotatable bonds is 4. The number of carbonyl (C=O) groups excluding carboxylic acids is 1. The molecule has 2 rings (SSSR count). The number of carbonyl (C=O) groups is 1. The molecule has 1 aromatic rings. The first kappa shape index (κ1) is 17.1. The van der Waals surface area contributed by atoms with Crippen molar-refractivity contribution in [3.63, 3.8) is 0 Å². The van der Waals surface area contributed by atoms with Gasteiger partial charge in [-0.25, -0.2) is 9.79 Å². The van der Waals surface area contributed by atoms with Gasteiger partial charge in [0.25, 0.3) is 0 Å². The Morgan fingerprint density at radius 2 is 2.30 bits per heavy atom. The summed E-state index contributed by atoms with van der Waals surface area (Å²) in [6.45, 7) is 6.03. The van der Waals surface area contributed by atoms with Crippen molar-refractivity contribution < 1.29 is 9.53 Å². The zero-order valence-electron chi connectivity index (χ0n) is 13.5. The first-order chi connectivity index (χ1) is 11.0. The molecule has 0 saturated carbocycles. The number of hydrogen-bond acceptors (Lipinski definition) is 3. The lowest BCUT2D eigenvalue weighted by atomic mass is 9.95. The minimum Gasteiger partial charge on any atom is -0.466 e. The molecule has 1 aliphatic rings.